The second kappa shape index (κ2) is 8.18. The van der Waals surface area contributed by atoms with Gasteiger partial charge in [0.15, 0.2) is 5.82 Å². The Bertz CT molecular complexity index is 1010. The number of nitrogens with zero attached hydrogens (tertiary/aromatic N) is 6. The maximum absolute atomic E-state index is 13.5. The summed E-state index contributed by atoms with van der Waals surface area (Å²) in [5.41, 5.74) is 2.19. The van der Waals surface area contributed by atoms with Crippen molar-refractivity contribution < 1.29 is 9.63 Å². The first kappa shape index (κ1) is 19.4. The maximum Gasteiger partial charge on any atom is 0.256 e. The molecular formula is C20H21ClN6O2. The number of amides is 1. The number of anilines is 1. The molecule has 0 saturated carbocycles. The predicted molar refractivity (Wildman–Crippen MR) is 109 cm³/mol. The highest BCUT2D eigenvalue weighted by molar-refractivity contribution is 6.32. The minimum atomic E-state index is -0.131. The van der Waals surface area contributed by atoms with Crippen LogP contribution in [0.3, 0.4) is 0 Å². The van der Waals surface area contributed by atoms with Crippen LogP contribution in [0.15, 0.2) is 48.9 Å². The molecule has 0 aliphatic carbocycles. The Morgan fingerprint density at radius 2 is 1.97 bits per heavy atom. The van der Waals surface area contributed by atoms with E-state index in [0.29, 0.717) is 41.8 Å². The van der Waals surface area contributed by atoms with E-state index in [1.165, 1.54) is 4.80 Å². The van der Waals surface area contributed by atoms with Crippen molar-refractivity contribution in [3.8, 4) is 5.69 Å². The van der Waals surface area contributed by atoms with Crippen LogP contribution in [0.2, 0.25) is 5.02 Å². The first-order valence-electron chi connectivity index (χ1n) is 9.34. The van der Waals surface area contributed by atoms with Gasteiger partial charge in [-0.2, -0.15) is 15.0 Å². The van der Waals surface area contributed by atoms with E-state index < -0.39 is 0 Å². The van der Waals surface area contributed by atoms with Crippen LogP contribution in [-0.2, 0) is 4.84 Å². The van der Waals surface area contributed by atoms with Gasteiger partial charge in [0.05, 0.1) is 47.9 Å². The lowest BCUT2D eigenvalue weighted by molar-refractivity contribution is 0.0599. The molecule has 1 aliphatic rings. The van der Waals surface area contributed by atoms with Crippen LogP contribution < -0.4 is 5.06 Å². The molecule has 8 nitrogen and oxygen atoms in total. The first-order valence-corrected chi connectivity index (χ1v) is 9.71. The number of aryl methyl sites for hydroxylation is 1. The first-order chi connectivity index (χ1) is 14.0. The van der Waals surface area contributed by atoms with Gasteiger partial charge in [0.1, 0.15) is 0 Å². The lowest BCUT2D eigenvalue weighted by Gasteiger charge is -2.26. The predicted octanol–water partition coefficient (Wildman–Crippen LogP) is 2.91. The lowest BCUT2D eigenvalue weighted by atomic mass is 10.1. The van der Waals surface area contributed by atoms with Gasteiger partial charge in [-0.15, -0.1) is 0 Å². The number of hydroxylamine groups is 1. The van der Waals surface area contributed by atoms with Crippen LogP contribution in [-0.4, -0.2) is 56.5 Å². The Kier molecular flexibility index (Phi) is 5.46. The molecule has 0 spiro atoms. The molecule has 1 saturated heterocycles. The van der Waals surface area contributed by atoms with Gasteiger partial charge in [0.25, 0.3) is 5.91 Å². The van der Waals surface area contributed by atoms with E-state index >= 15 is 0 Å². The molecule has 0 unspecified atom stereocenters. The quantitative estimate of drug-likeness (QED) is 0.658. The summed E-state index contributed by atoms with van der Waals surface area (Å²) in [7, 11) is 0. The molecule has 0 radical (unpaired) electrons. The third kappa shape index (κ3) is 3.94. The summed E-state index contributed by atoms with van der Waals surface area (Å²) in [4.78, 5) is 26.9. The summed E-state index contributed by atoms with van der Waals surface area (Å²) in [6.45, 7) is 5.17. The lowest BCUT2D eigenvalue weighted by Crippen LogP contribution is -2.41. The molecule has 1 fully saturated rings. The largest absolute Gasteiger partial charge is 0.332 e. The Hall–Kier alpha value is -2.97. The van der Waals surface area contributed by atoms with Crippen LogP contribution in [0, 0.1) is 6.92 Å². The zero-order valence-corrected chi connectivity index (χ0v) is 17.0. The van der Waals surface area contributed by atoms with Gasteiger partial charge < -0.3 is 4.90 Å². The second-order valence-corrected chi connectivity index (χ2v) is 7.30. The molecule has 2 aromatic heterocycles. The Morgan fingerprint density at radius 3 is 2.72 bits per heavy atom. The third-order valence-electron chi connectivity index (χ3n) is 4.80. The molecule has 1 amide bonds. The normalized spacial score (nSPS) is 17.3. The SMILES string of the molecule is Cc1ccc(-n2nccn2)c(C(=O)N2CCN(c3ncccc3Cl)OC[C@H]2C)c1. The summed E-state index contributed by atoms with van der Waals surface area (Å²) in [5, 5.41) is 10.5. The van der Waals surface area contributed by atoms with E-state index in [9.17, 15) is 4.79 Å². The van der Waals surface area contributed by atoms with Gasteiger partial charge in [-0.3, -0.25) is 9.63 Å². The minimum Gasteiger partial charge on any atom is -0.332 e. The third-order valence-corrected chi connectivity index (χ3v) is 5.10. The molecule has 1 atom stereocenters. The fourth-order valence-electron chi connectivity index (χ4n) is 3.29. The van der Waals surface area contributed by atoms with Crippen LogP contribution >= 0.6 is 11.6 Å². The smallest absolute Gasteiger partial charge is 0.256 e. The molecule has 0 N–H and O–H groups in total. The molecule has 1 aliphatic heterocycles. The summed E-state index contributed by atoms with van der Waals surface area (Å²) in [6, 6.07) is 9.07. The maximum atomic E-state index is 13.5. The zero-order valence-electron chi connectivity index (χ0n) is 16.2. The van der Waals surface area contributed by atoms with E-state index in [1.54, 1.807) is 40.7 Å². The van der Waals surface area contributed by atoms with E-state index in [1.807, 2.05) is 32.0 Å². The fourth-order valence-corrected chi connectivity index (χ4v) is 3.51. The van der Waals surface area contributed by atoms with Crippen LogP contribution in [0.5, 0.6) is 0 Å². The summed E-state index contributed by atoms with van der Waals surface area (Å²) in [6.07, 6.45) is 4.84. The number of rotatable bonds is 3. The molecule has 4 rings (SSSR count). The van der Waals surface area contributed by atoms with Gasteiger partial charge >= 0.3 is 0 Å². The average molecular weight is 413 g/mol. The van der Waals surface area contributed by atoms with Crippen molar-refractivity contribution >= 4 is 23.3 Å². The number of hydrogen-bond donors (Lipinski definition) is 0. The Morgan fingerprint density at radius 1 is 1.17 bits per heavy atom. The minimum absolute atomic E-state index is 0.0916. The van der Waals surface area contributed by atoms with Crippen LogP contribution in [0.1, 0.15) is 22.8 Å². The van der Waals surface area contributed by atoms with Crippen molar-refractivity contribution in [2.75, 3.05) is 24.8 Å². The second-order valence-electron chi connectivity index (χ2n) is 6.89. The number of carbonyl (C=O) groups excluding carboxylic acids is 1. The van der Waals surface area contributed by atoms with Crippen molar-refractivity contribution in [2.45, 2.75) is 19.9 Å². The standard InChI is InChI=1S/C20H21ClN6O2/c1-14-5-6-18(27-23-8-9-24-27)16(12-14)20(28)25-10-11-26(29-13-15(25)2)19-17(21)4-3-7-22-19/h3-9,12,15H,10-11,13H2,1-2H3/t15-/m1/s1. The molecule has 9 heteroatoms. The van der Waals surface area contributed by atoms with Crippen LogP contribution in [0.25, 0.3) is 5.69 Å². The van der Waals surface area contributed by atoms with Crippen molar-refractivity contribution in [2.24, 2.45) is 0 Å². The number of aromatic nitrogens is 4. The van der Waals surface area contributed by atoms with E-state index in [0.717, 1.165) is 5.56 Å². The number of pyridine rings is 1. The van der Waals surface area contributed by atoms with Crippen molar-refractivity contribution in [1.82, 2.24) is 24.9 Å². The molecular weight excluding hydrogens is 392 g/mol. The van der Waals surface area contributed by atoms with Crippen molar-refractivity contribution in [1.29, 1.82) is 0 Å². The molecule has 1 aromatic carbocycles. The monoisotopic (exact) mass is 412 g/mol. The summed E-state index contributed by atoms with van der Waals surface area (Å²) in [5.74, 6) is 0.457. The highest BCUT2D eigenvalue weighted by atomic mass is 35.5. The van der Waals surface area contributed by atoms with Gasteiger partial charge in [-0.05, 0) is 38.1 Å². The highest BCUT2D eigenvalue weighted by Gasteiger charge is 2.29. The van der Waals surface area contributed by atoms with Crippen molar-refractivity contribution in [3.05, 3.63) is 65.1 Å². The Labute approximate surface area is 173 Å². The van der Waals surface area contributed by atoms with E-state index in [2.05, 4.69) is 15.2 Å². The van der Waals surface area contributed by atoms with Gasteiger partial charge in [-0.1, -0.05) is 23.2 Å². The Balaban J connectivity index is 1.61. The summed E-state index contributed by atoms with van der Waals surface area (Å²) < 4.78 is 0. The highest BCUT2D eigenvalue weighted by Crippen LogP contribution is 2.25. The fraction of sp³-hybridized carbons (Fsp3) is 0.300. The molecule has 29 heavy (non-hydrogen) atoms. The van der Waals surface area contributed by atoms with Gasteiger partial charge in [-0.25, -0.2) is 10.0 Å². The van der Waals surface area contributed by atoms with Gasteiger partial charge in [0, 0.05) is 12.7 Å². The summed E-state index contributed by atoms with van der Waals surface area (Å²) >= 11 is 6.26. The number of benzene rings is 1. The molecule has 0 bridgehead atoms. The van der Waals surface area contributed by atoms with E-state index in [4.69, 9.17) is 16.4 Å². The molecule has 3 aromatic rings. The average Bonchev–Trinajstić information content (AvgIpc) is 3.18. The topological polar surface area (TPSA) is 76.4 Å². The number of carbonyl (C=O) groups is 1. The molecule has 3 heterocycles. The van der Waals surface area contributed by atoms with Crippen LogP contribution in [0.4, 0.5) is 5.82 Å². The van der Waals surface area contributed by atoms with Gasteiger partial charge in [0.2, 0.25) is 0 Å². The number of hydrogen-bond acceptors (Lipinski definition) is 6. The van der Waals surface area contributed by atoms with Crippen molar-refractivity contribution in [3.63, 3.8) is 0 Å². The number of halogens is 1. The van der Waals surface area contributed by atoms with E-state index in [-0.39, 0.29) is 11.9 Å². The zero-order chi connectivity index (χ0) is 20.4. The molecule has 150 valence electrons.